The molecule has 2 rings (SSSR count). The Morgan fingerprint density at radius 3 is 2.94 bits per heavy atom. The van der Waals surface area contributed by atoms with Crippen LogP contribution in [0.25, 0.3) is 0 Å². The van der Waals surface area contributed by atoms with Crippen molar-refractivity contribution in [3.8, 4) is 5.75 Å². The quantitative estimate of drug-likeness (QED) is 0.344. The van der Waals surface area contributed by atoms with Gasteiger partial charge in [0.1, 0.15) is 18.5 Å². The molecule has 1 saturated heterocycles. The van der Waals surface area contributed by atoms with Crippen LogP contribution in [-0.4, -0.2) is 31.7 Å². The largest absolute Gasteiger partial charge is 0.490 e. The van der Waals surface area contributed by atoms with Crippen molar-refractivity contribution in [2.24, 2.45) is 0 Å². The van der Waals surface area contributed by atoms with Crippen molar-refractivity contribution in [1.82, 2.24) is 0 Å². The van der Waals surface area contributed by atoms with Crippen molar-refractivity contribution < 1.29 is 9.47 Å². The van der Waals surface area contributed by atoms with Crippen molar-refractivity contribution >= 4 is 46.8 Å². The summed E-state index contributed by atoms with van der Waals surface area (Å²) >= 11 is 2.73. The molecule has 1 atom stereocenters. The van der Waals surface area contributed by atoms with Gasteiger partial charge in [-0.2, -0.15) is 0 Å². The molecule has 4 heteroatoms. The van der Waals surface area contributed by atoms with Crippen LogP contribution in [0.5, 0.6) is 5.75 Å². The molecule has 0 N–H and O–H groups in total. The second kappa shape index (κ2) is 7.79. The van der Waals surface area contributed by atoms with Crippen LogP contribution in [0.3, 0.4) is 0 Å². The van der Waals surface area contributed by atoms with E-state index in [1.54, 1.807) is 3.51 Å². The van der Waals surface area contributed by atoms with E-state index in [1.807, 2.05) is 6.07 Å². The molecule has 18 heavy (non-hydrogen) atoms. The third kappa shape index (κ3) is 4.77. The third-order valence-corrected chi connectivity index (χ3v) is 7.63. The second-order valence-electron chi connectivity index (χ2n) is 4.10. The summed E-state index contributed by atoms with van der Waals surface area (Å²) in [6.07, 6.45) is 1.42. The normalized spacial score (nSPS) is 19.2. The zero-order valence-corrected chi connectivity index (χ0v) is 14.8. The molecule has 100 valence electrons. The fourth-order valence-electron chi connectivity index (χ4n) is 1.66. The summed E-state index contributed by atoms with van der Waals surface area (Å²) in [6, 6.07) is 8.41. The van der Waals surface area contributed by atoms with Crippen LogP contribution in [-0.2, 0) is 11.2 Å². The maximum absolute atomic E-state index is 5.86. The summed E-state index contributed by atoms with van der Waals surface area (Å²) in [7, 11) is 0. The summed E-state index contributed by atoms with van der Waals surface area (Å²) in [5, 5.41) is 0. The first-order valence-corrected chi connectivity index (χ1v) is 10.3. The number of alkyl halides is 2. The molecule has 1 aliphatic rings. The molecule has 1 aromatic carbocycles. The minimum absolute atomic E-state index is 0.242. The molecule has 0 amide bonds. The number of para-hydroxylation sites is 1. The minimum Gasteiger partial charge on any atom is -0.490 e. The van der Waals surface area contributed by atoms with E-state index in [-0.39, 0.29) is 20.7 Å². The van der Waals surface area contributed by atoms with Gasteiger partial charge in [-0.3, -0.25) is 0 Å². The summed E-state index contributed by atoms with van der Waals surface area (Å²) in [5.74, 6) is 1.04. The average molecular weight is 472 g/mol. The smallest absolute Gasteiger partial charge is 0.122 e. The first-order valence-electron chi connectivity index (χ1n) is 6.15. The van der Waals surface area contributed by atoms with Gasteiger partial charge in [0.2, 0.25) is 0 Å². The van der Waals surface area contributed by atoms with Crippen LogP contribution >= 0.6 is 43.3 Å². The number of epoxide rings is 1. The topological polar surface area (TPSA) is 21.8 Å². The van der Waals surface area contributed by atoms with Gasteiger partial charge < -0.3 is 9.47 Å². The van der Waals surface area contributed by atoms with E-state index in [9.17, 15) is 0 Å². The van der Waals surface area contributed by atoms with Gasteiger partial charge in [-0.15, -0.1) is 20.7 Å². The number of hydrogen-bond acceptors (Lipinski definition) is 2. The molecular formula is C14H18I2O2. The lowest BCUT2D eigenvalue weighted by atomic mass is 10.1. The highest BCUT2D eigenvalue weighted by Gasteiger charge is 2.23. The van der Waals surface area contributed by atoms with Gasteiger partial charge in [-0.1, -0.05) is 47.7 Å². The lowest BCUT2D eigenvalue weighted by molar-refractivity contribution is 0.261. The molecular weight excluding hydrogens is 454 g/mol. The Morgan fingerprint density at radius 1 is 1.50 bits per heavy atom. The predicted molar refractivity (Wildman–Crippen MR) is 93.8 cm³/mol. The Labute approximate surface area is 132 Å². The van der Waals surface area contributed by atoms with E-state index < -0.39 is 0 Å². The second-order valence-corrected chi connectivity index (χ2v) is 8.68. The van der Waals surface area contributed by atoms with Crippen LogP contribution in [0, 0.1) is 0 Å². The lowest BCUT2D eigenvalue weighted by Crippen LogP contribution is -2.08. The van der Waals surface area contributed by atoms with Gasteiger partial charge in [-0.05, 0) is 19.6 Å². The molecule has 0 bridgehead atoms. The average Bonchev–Trinajstić information content (AvgIpc) is 3.21. The standard InChI is InChI=1S/C14H18I2O2/c1-2-16-12(8-15)7-11-5-3-4-6-14(11)18-10-13-9-17-13/h3-6,13H,2,7-10H2,1H3. The molecule has 1 fully saturated rings. The molecule has 1 unspecified atom stereocenters. The van der Waals surface area contributed by atoms with E-state index in [2.05, 4.69) is 47.7 Å². The van der Waals surface area contributed by atoms with E-state index in [0.717, 1.165) is 18.8 Å². The van der Waals surface area contributed by atoms with Crippen molar-refractivity contribution in [3.05, 3.63) is 29.8 Å². The number of benzene rings is 1. The van der Waals surface area contributed by atoms with Crippen molar-refractivity contribution in [2.75, 3.05) is 22.1 Å². The maximum atomic E-state index is 5.86. The Morgan fingerprint density at radius 2 is 2.28 bits per heavy atom. The van der Waals surface area contributed by atoms with Crippen LogP contribution in [0.4, 0.5) is 0 Å². The fraction of sp³-hybridized carbons (Fsp3) is 0.500. The molecule has 1 aliphatic heterocycles. The molecule has 2 nitrogen and oxygen atoms in total. The van der Waals surface area contributed by atoms with Gasteiger partial charge in [0, 0.05) is 10.8 Å². The Hall–Kier alpha value is 0.310. The van der Waals surface area contributed by atoms with Crippen molar-refractivity contribution in [3.63, 3.8) is 0 Å². The summed E-state index contributed by atoms with van der Waals surface area (Å²) in [4.78, 5) is 0. The number of ether oxygens (including phenoxy) is 2. The molecule has 1 heterocycles. The van der Waals surface area contributed by atoms with Gasteiger partial charge in [0.05, 0.1) is 6.61 Å². The van der Waals surface area contributed by atoms with Crippen LogP contribution in [0.2, 0.25) is 0 Å². The number of rotatable bonds is 7. The summed E-state index contributed by atoms with van der Waals surface area (Å²) in [5.41, 5.74) is 1.33. The lowest BCUT2D eigenvalue weighted by Gasteiger charge is -2.11. The molecule has 0 aromatic heterocycles. The van der Waals surface area contributed by atoms with Crippen LogP contribution in [0.15, 0.2) is 24.3 Å². The van der Waals surface area contributed by atoms with E-state index >= 15 is 0 Å². The predicted octanol–water partition coefficient (Wildman–Crippen LogP) is 3.60. The molecule has 0 radical (unpaired) electrons. The highest BCUT2D eigenvalue weighted by atomic mass is 127. The zero-order chi connectivity index (χ0) is 12.8. The summed E-state index contributed by atoms with van der Waals surface area (Å²) < 4.78 is 15.3. The Balaban J connectivity index is 2.03. The Kier molecular flexibility index (Phi) is 6.37. The minimum atomic E-state index is 0.242. The van der Waals surface area contributed by atoms with Gasteiger partial charge in [0.15, 0.2) is 0 Å². The van der Waals surface area contributed by atoms with Crippen molar-refractivity contribution in [2.45, 2.75) is 19.4 Å². The fourth-order valence-corrected chi connectivity index (χ4v) is 5.26. The monoisotopic (exact) mass is 472 g/mol. The van der Waals surface area contributed by atoms with Crippen LogP contribution < -0.4 is 4.74 Å². The summed E-state index contributed by atoms with van der Waals surface area (Å²) in [6.45, 7) is 3.83. The highest BCUT2D eigenvalue weighted by Crippen LogP contribution is 2.22. The van der Waals surface area contributed by atoms with E-state index in [0.29, 0.717) is 12.7 Å². The number of hydrogen-bond donors (Lipinski definition) is 0. The first-order chi connectivity index (χ1) is 8.83. The van der Waals surface area contributed by atoms with Gasteiger partial charge in [0.25, 0.3) is 0 Å². The molecule has 1 aromatic rings. The molecule has 0 spiro atoms. The van der Waals surface area contributed by atoms with Gasteiger partial charge in [-0.25, -0.2) is 0 Å². The van der Waals surface area contributed by atoms with E-state index in [1.165, 1.54) is 14.4 Å². The van der Waals surface area contributed by atoms with Gasteiger partial charge >= 0.3 is 0 Å². The zero-order valence-electron chi connectivity index (χ0n) is 10.5. The maximum Gasteiger partial charge on any atom is 0.122 e. The van der Waals surface area contributed by atoms with Crippen LogP contribution in [0.1, 0.15) is 12.5 Å². The Bertz CT molecular complexity index is 414. The highest BCUT2D eigenvalue weighted by molar-refractivity contribution is 14.2. The SMILES string of the molecule is CCI=C(CI)Cc1ccccc1OCC1CO1. The number of halogens is 2. The third-order valence-electron chi connectivity index (χ3n) is 2.65. The molecule has 0 aliphatic carbocycles. The van der Waals surface area contributed by atoms with Crippen molar-refractivity contribution in [1.29, 1.82) is 0 Å². The molecule has 0 saturated carbocycles. The van der Waals surface area contributed by atoms with E-state index in [4.69, 9.17) is 9.47 Å². The first kappa shape index (κ1) is 14.7.